The average molecular weight is 363 g/mol. The number of aromatic nitrogens is 3. The van der Waals surface area contributed by atoms with Gasteiger partial charge in [-0.25, -0.2) is 0 Å². The van der Waals surface area contributed by atoms with Gasteiger partial charge in [0.2, 0.25) is 0 Å². The highest BCUT2D eigenvalue weighted by atomic mass is 32.1. The van der Waals surface area contributed by atoms with Crippen LogP contribution in [0.3, 0.4) is 0 Å². The summed E-state index contributed by atoms with van der Waals surface area (Å²) in [5, 5.41) is 4.24. The van der Waals surface area contributed by atoms with Crippen LogP contribution >= 0.6 is 12.2 Å². The first-order valence-electron chi connectivity index (χ1n) is 8.77. The Kier molecular flexibility index (Phi) is 4.42. The molecule has 3 aromatic heterocycles. The van der Waals surface area contributed by atoms with Crippen molar-refractivity contribution in [1.82, 2.24) is 24.8 Å². The van der Waals surface area contributed by atoms with E-state index in [1.165, 1.54) is 11.4 Å². The summed E-state index contributed by atoms with van der Waals surface area (Å²) in [5.74, 6) is 0. The van der Waals surface area contributed by atoms with E-state index in [1.54, 1.807) is 6.20 Å². The first kappa shape index (κ1) is 16.7. The van der Waals surface area contributed by atoms with Gasteiger partial charge in [0.15, 0.2) is 5.11 Å². The zero-order valence-electron chi connectivity index (χ0n) is 14.8. The second kappa shape index (κ2) is 6.88. The maximum atomic E-state index is 5.63. The number of hydrogen-bond acceptors (Lipinski definition) is 3. The van der Waals surface area contributed by atoms with E-state index in [-0.39, 0.29) is 12.1 Å². The lowest BCUT2D eigenvalue weighted by Crippen LogP contribution is -2.30. The number of nitrogens with one attached hydrogen (secondary N) is 1. The van der Waals surface area contributed by atoms with Crippen molar-refractivity contribution < 1.29 is 0 Å². The van der Waals surface area contributed by atoms with Gasteiger partial charge in [-0.3, -0.25) is 9.97 Å². The van der Waals surface area contributed by atoms with Crippen molar-refractivity contribution in [3.63, 3.8) is 0 Å². The van der Waals surface area contributed by atoms with E-state index in [4.69, 9.17) is 12.2 Å². The standard InChI is InChI=1S/C20H21N5S/c1-3-24-19(18(23-20(24)26)16-8-4-5-12-22-16)17-10-9-14(2)25(17)15-7-6-11-21-13-15/h4-13,18-19H,3H2,1-2H3,(H,23,26)/t18-,19-/m0/s1. The fraction of sp³-hybridized carbons (Fsp3) is 0.250. The predicted octanol–water partition coefficient (Wildman–Crippen LogP) is 3.57. The van der Waals surface area contributed by atoms with E-state index < -0.39 is 0 Å². The van der Waals surface area contributed by atoms with E-state index in [0.29, 0.717) is 0 Å². The van der Waals surface area contributed by atoms with Crippen molar-refractivity contribution in [1.29, 1.82) is 0 Å². The molecule has 1 saturated heterocycles. The summed E-state index contributed by atoms with van der Waals surface area (Å²) in [6.07, 6.45) is 5.52. The molecule has 26 heavy (non-hydrogen) atoms. The van der Waals surface area contributed by atoms with Crippen LogP contribution in [0.1, 0.15) is 36.1 Å². The van der Waals surface area contributed by atoms with Crippen molar-refractivity contribution in [2.45, 2.75) is 25.9 Å². The van der Waals surface area contributed by atoms with Crippen molar-refractivity contribution >= 4 is 17.3 Å². The van der Waals surface area contributed by atoms with E-state index in [0.717, 1.165) is 23.0 Å². The third kappa shape index (κ3) is 2.76. The van der Waals surface area contributed by atoms with Gasteiger partial charge in [0.05, 0.1) is 29.7 Å². The van der Waals surface area contributed by atoms with Crippen molar-refractivity contribution in [3.8, 4) is 5.69 Å². The van der Waals surface area contributed by atoms with Crippen LogP contribution in [0, 0.1) is 6.92 Å². The van der Waals surface area contributed by atoms with Gasteiger partial charge < -0.3 is 14.8 Å². The SMILES string of the molecule is CCN1C(=S)N[C@@H](c2ccccn2)[C@@H]1c1ccc(C)n1-c1cccnc1. The second-order valence-electron chi connectivity index (χ2n) is 6.36. The number of rotatable bonds is 4. The van der Waals surface area contributed by atoms with Gasteiger partial charge in [-0.1, -0.05) is 6.07 Å². The van der Waals surface area contributed by atoms with E-state index >= 15 is 0 Å². The number of pyridine rings is 2. The van der Waals surface area contributed by atoms with Gasteiger partial charge in [-0.05, 0) is 62.5 Å². The second-order valence-corrected chi connectivity index (χ2v) is 6.75. The molecule has 2 atom stereocenters. The van der Waals surface area contributed by atoms with Crippen LogP contribution in [0.4, 0.5) is 0 Å². The van der Waals surface area contributed by atoms with Gasteiger partial charge in [-0.15, -0.1) is 0 Å². The van der Waals surface area contributed by atoms with Crippen LogP contribution in [0.15, 0.2) is 61.1 Å². The Morgan fingerprint density at radius 1 is 1.12 bits per heavy atom. The minimum absolute atomic E-state index is 0.00775. The number of likely N-dealkylation sites (N-methyl/N-ethyl adjacent to an activating group) is 1. The molecule has 1 aliphatic heterocycles. The lowest BCUT2D eigenvalue weighted by atomic mass is 10.0. The largest absolute Gasteiger partial charge is 0.352 e. The highest BCUT2D eigenvalue weighted by molar-refractivity contribution is 7.80. The summed E-state index contributed by atoms with van der Waals surface area (Å²) < 4.78 is 2.26. The van der Waals surface area contributed by atoms with Crippen LogP contribution in [0.2, 0.25) is 0 Å². The van der Waals surface area contributed by atoms with Gasteiger partial charge >= 0.3 is 0 Å². The molecule has 3 aromatic rings. The first-order chi connectivity index (χ1) is 12.7. The van der Waals surface area contributed by atoms with Crippen molar-refractivity contribution in [2.75, 3.05) is 6.54 Å². The van der Waals surface area contributed by atoms with Gasteiger partial charge in [-0.2, -0.15) is 0 Å². The molecule has 1 N–H and O–H groups in total. The molecular weight excluding hydrogens is 342 g/mol. The number of nitrogens with zero attached hydrogens (tertiary/aromatic N) is 4. The third-order valence-corrected chi connectivity index (χ3v) is 5.20. The molecule has 0 spiro atoms. The molecule has 0 saturated carbocycles. The van der Waals surface area contributed by atoms with Crippen LogP contribution in [-0.2, 0) is 0 Å². The monoisotopic (exact) mass is 363 g/mol. The zero-order chi connectivity index (χ0) is 18.1. The number of hydrogen-bond donors (Lipinski definition) is 1. The molecule has 0 aliphatic carbocycles. The Hall–Kier alpha value is -2.73. The Morgan fingerprint density at radius 3 is 2.69 bits per heavy atom. The van der Waals surface area contributed by atoms with Crippen LogP contribution in [0.25, 0.3) is 5.69 Å². The lowest BCUT2D eigenvalue weighted by molar-refractivity contribution is 0.320. The predicted molar refractivity (Wildman–Crippen MR) is 106 cm³/mol. The highest BCUT2D eigenvalue weighted by Gasteiger charge is 2.40. The average Bonchev–Trinajstić information content (AvgIpc) is 3.22. The van der Waals surface area contributed by atoms with Crippen molar-refractivity contribution in [2.24, 2.45) is 0 Å². The minimum Gasteiger partial charge on any atom is -0.352 e. The molecule has 0 radical (unpaired) electrons. The molecule has 1 fully saturated rings. The minimum atomic E-state index is 0.00775. The van der Waals surface area contributed by atoms with E-state index in [9.17, 15) is 0 Å². The molecule has 4 rings (SSSR count). The molecule has 1 aliphatic rings. The quantitative estimate of drug-likeness (QED) is 0.718. The maximum absolute atomic E-state index is 5.63. The van der Waals surface area contributed by atoms with Crippen LogP contribution in [0.5, 0.6) is 0 Å². The Bertz CT molecular complexity index is 906. The summed E-state index contributed by atoms with van der Waals surface area (Å²) in [5.41, 5.74) is 4.40. The molecule has 5 nitrogen and oxygen atoms in total. The van der Waals surface area contributed by atoms with Gasteiger partial charge in [0, 0.05) is 30.3 Å². The maximum Gasteiger partial charge on any atom is 0.170 e. The summed E-state index contributed by atoms with van der Waals surface area (Å²) in [7, 11) is 0. The van der Waals surface area contributed by atoms with Gasteiger partial charge in [0.1, 0.15) is 0 Å². The normalized spacial score (nSPS) is 19.6. The summed E-state index contributed by atoms with van der Waals surface area (Å²) >= 11 is 5.63. The number of thiocarbonyl (C=S) groups is 1. The first-order valence-corrected chi connectivity index (χ1v) is 9.18. The molecule has 0 unspecified atom stereocenters. The van der Waals surface area contributed by atoms with Gasteiger partial charge in [0.25, 0.3) is 0 Å². The van der Waals surface area contributed by atoms with Crippen molar-refractivity contribution in [3.05, 3.63) is 78.1 Å². The fourth-order valence-electron chi connectivity index (χ4n) is 3.70. The summed E-state index contributed by atoms with van der Waals surface area (Å²) in [6.45, 7) is 5.08. The van der Waals surface area contributed by atoms with E-state index in [2.05, 4.69) is 62.9 Å². The third-order valence-electron chi connectivity index (χ3n) is 4.85. The molecular formula is C20H21N5S. The molecule has 4 heterocycles. The molecule has 0 aromatic carbocycles. The van der Waals surface area contributed by atoms with Crippen LogP contribution in [-0.4, -0.2) is 31.1 Å². The Morgan fingerprint density at radius 2 is 2.00 bits per heavy atom. The summed E-state index contributed by atoms with van der Waals surface area (Å²) in [4.78, 5) is 11.1. The highest BCUT2D eigenvalue weighted by Crippen LogP contribution is 2.39. The molecule has 0 amide bonds. The smallest absolute Gasteiger partial charge is 0.170 e. The molecule has 0 bridgehead atoms. The van der Waals surface area contributed by atoms with Crippen LogP contribution < -0.4 is 5.32 Å². The van der Waals surface area contributed by atoms with E-state index in [1.807, 2.05) is 30.6 Å². The topological polar surface area (TPSA) is 46.0 Å². The zero-order valence-corrected chi connectivity index (χ0v) is 15.6. The molecule has 6 heteroatoms. The number of aryl methyl sites for hydroxylation is 1. The molecule has 132 valence electrons. The summed E-state index contributed by atoms with van der Waals surface area (Å²) in [6, 6.07) is 14.4. The fourth-order valence-corrected chi connectivity index (χ4v) is 4.07. The lowest BCUT2D eigenvalue weighted by Gasteiger charge is -2.28. The Labute approximate surface area is 158 Å². The Balaban J connectivity index is 1.85.